The van der Waals surface area contributed by atoms with E-state index in [-0.39, 0.29) is 23.8 Å². The standard InChI is InChI=1S/C31H43ClN4O4/c1-4-5-16-35(3)17-9-18-36-27(29(38)33-21-10-7-6-8-11-21)31-15-14-24(40-31)25(26(31)30(36)39)28(37)34-22-13-12-20(2)23(32)19-22/h12-15,19,21,24-27H,4-11,16-18H2,1-3H3,(H,33,38)(H,34,37)/t24-,25?,26-,27?,31?/m1/s1. The van der Waals surface area contributed by atoms with Crippen molar-refractivity contribution in [3.63, 3.8) is 0 Å². The van der Waals surface area contributed by atoms with Crippen LogP contribution in [0.15, 0.2) is 30.4 Å². The quantitative estimate of drug-likeness (QED) is 0.387. The molecule has 5 rings (SSSR count). The summed E-state index contributed by atoms with van der Waals surface area (Å²) in [6.07, 6.45) is 11.5. The van der Waals surface area contributed by atoms with Crippen LogP contribution < -0.4 is 10.6 Å². The number of anilines is 1. The summed E-state index contributed by atoms with van der Waals surface area (Å²) in [5.41, 5.74) is 0.352. The van der Waals surface area contributed by atoms with Crippen molar-refractivity contribution in [2.75, 3.05) is 32.0 Å². The number of halogens is 1. The summed E-state index contributed by atoms with van der Waals surface area (Å²) < 4.78 is 6.47. The summed E-state index contributed by atoms with van der Waals surface area (Å²) in [7, 11) is 2.09. The third kappa shape index (κ3) is 5.55. The molecule has 8 nitrogen and oxygen atoms in total. The van der Waals surface area contributed by atoms with Crippen LogP contribution in [0, 0.1) is 18.8 Å². The SMILES string of the molecule is CCCCN(C)CCCN1C(=O)[C@H]2C(C(=O)Nc3ccc(C)c(Cl)c3)[C@H]3C=CC2(O3)C1C(=O)NC1CCCCC1. The van der Waals surface area contributed by atoms with Crippen molar-refractivity contribution in [1.29, 1.82) is 0 Å². The summed E-state index contributed by atoms with van der Waals surface area (Å²) >= 11 is 6.29. The molecule has 1 aromatic rings. The van der Waals surface area contributed by atoms with E-state index in [1.807, 2.05) is 25.1 Å². The smallest absolute Gasteiger partial charge is 0.246 e. The van der Waals surface area contributed by atoms with Gasteiger partial charge in [-0.3, -0.25) is 14.4 Å². The first-order chi connectivity index (χ1) is 19.2. The number of fused-ring (bicyclic) bond motifs is 1. The van der Waals surface area contributed by atoms with Gasteiger partial charge in [-0.2, -0.15) is 0 Å². The Morgan fingerprint density at radius 3 is 2.62 bits per heavy atom. The fourth-order valence-electron chi connectivity index (χ4n) is 6.98. The van der Waals surface area contributed by atoms with Crippen LogP contribution in [0.3, 0.4) is 0 Å². The summed E-state index contributed by atoms with van der Waals surface area (Å²) in [5, 5.41) is 6.77. The molecule has 1 aromatic carbocycles. The normalized spacial score (nSPS) is 29.3. The predicted octanol–water partition coefficient (Wildman–Crippen LogP) is 4.31. The van der Waals surface area contributed by atoms with Crippen molar-refractivity contribution in [2.24, 2.45) is 11.8 Å². The molecule has 2 N–H and O–H groups in total. The van der Waals surface area contributed by atoms with Gasteiger partial charge in [-0.15, -0.1) is 0 Å². The zero-order chi connectivity index (χ0) is 28.4. The van der Waals surface area contributed by atoms with Gasteiger partial charge in [0.2, 0.25) is 17.7 Å². The lowest BCUT2D eigenvalue weighted by Crippen LogP contribution is -2.56. The highest BCUT2D eigenvalue weighted by molar-refractivity contribution is 6.31. The molecule has 3 fully saturated rings. The van der Waals surface area contributed by atoms with Crippen LogP contribution in [0.25, 0.3) is 0 Å². The molecular formula is C31H43ClN4O4. The monoisotopic (exact) mass is 570 g/mol. The average molecular weight is 571 g/mol. The van der Waals surface area contributed by atoms with Crippen molar-refractivity contribution >= 4 is 35.0 Å². The van der Waals surface area contributed by atoms with Gasteiger partial charge < -0.3 is 25.2 Å². The highest BCUT2D eigenvalue weighted by atomic mass is 35.5. The van der Waals surface area contributed by atoms with Crippen LogP contribution in [0.2, 0.25) is 5.02 Å². The third-order valence-electron chi connectivity index (χ3n) is 9.15. The molecule has 218 valence electrons. The topological polar surface area (TPSA) is 91.0 Å². The maximum atomic E-state index is 14.1. The predicted molar refractivity (Wildman–Crippen MR) is 156 cm³/mol. The van der Waals surface area contributed by atoms with Crippen molar-refractivity contribution < 1.29 is 19.1 Å². The summed E-state index contributed by atoms with van der Waals surface area (Å²) in [4.78, 5) is 45.6. The molecule has 4 aliphatic rings. The lowest BCUT2D eigenvalue weighted by atomic mass is 9.74. The number of nitrogens with one attached hydrogen (secondary N) is 2. The first-order valence-electron chi connectivity index (χ1n) is 15.0. The molecule has 2 saturated heterocycles. The van der Waals surface area contributed by atoms with Gasteiger partial charge in [0.25, 0.3) is 0 Å². The van der Waals surface area contributed by atoms with E-state index in [4.69, 9.17) is 16.3 Å². The highest BCUT2D eigenvalue weighted by Crippen LogP contribution is 2.55. The number of amides is 3. The van der Waals surface area contributed by atoms with E-state index in [1.165, 1.54) is 6.42 Å². The first kappa shape index (κ1) is 29.1. The van der Waals surface area contributed by atoms with Crippen LogP contribution in [0.4, 0.5) is 5.69 Å². The second-order valence-electron chi connectivity index (χ2n) is 12.0. The third-order valence-corrected chi connectivity index (χ3v) is 9.56. The minimum absolute atomic E-state index is 0.113. The fraction of sp³-hybridized carbons (Fsp3) is 0.645. The highest BCUT2D eigenvalue weighted by Gasteiger charge is 2.72. The van der Waals surface area contributed by atoms with Crippen molar-refractivity contribution in [2.45, 2.75) is 89.0 Å². The lowest BCUT2D eigenvalue weighted by molar-refractivity contribution is -0.141. The van der Waals surface area contributed by atoms with Gasteiger partial charge in [0.05, 0.1) is 17.9 Å². The maximum absolute atomic E-state index is 14.1. The summed E-state index contributed by atoms with van der Waals surface area (Å²) in [6.45, 7) is 6.35. The molecule has 1 spiro atoms. The number of hydrogen-bond donors (Lipinski definition) is 2. The molecule has 3 unspecified atom stereocenters. The van der Waals surface area contributed by atoms with E-state index in [0.717, 1.165) is 63.6 Å². The van der Waals surface area contributed by atoms with Crippen molar-refractivity contribution in [3.05, 3.63) is 40.9 Å². The van der Waals surface area contributed by atoms with Crippen molar-refractivity contribution in [3.8, 4) is 0 Å². The number of benzene rings is 1. The number of ether oxygens (including phenoxy) is 1. The second kappa shape index (κ2) is 12.2. The minimum Gasteiger partial charge on any atom is -0.359 e. The van der Waals surface area contributed by atoms with E-state index in [9.17, 15) is 14.4 Å². The average Bonchev–Trinajstić information content (AvgIpc) is 3.57. The molecule has 2 bridgehead atoms. The Labute approximate surface area is 242 Å². The zero-order valence-electron chi connectivity index (χ0n) is 24.0. The minimum atomic E-state index is -1.14. The lowest BCUT2D eigenvalue weighted by Gasteiger charge is -2.34. The molecule has 3 aliphatic heterocycles. The molecule has 3 amide bonds. The molecule has 3 heterocycles. The molecule has 1 saturated carbocycles. The number of carbonyl (C=O) groups excluding carboxylic acids is 3. The Morgan fingerprint density at radius 1 is 1.15 bits per heavy atom. The number of aryl methyl sites for hydroxylation is 1. The van der Waals surface area contributed by atoms with Gasteiger partial charge in [-0.05, 0) is 70.4 Å². The van der Waals surface area contributed by atoms with Gasteiger partial charge in [0.15, 0.2) is 0 Å². The summed E-state index contributed by atoms with van der Waals surface area (Å²) in [6, 6.07) is 4.69. The van der Waals surface area contributed by atoms with Gasteiger partial charge in [0, 0.05) is 23.3 Å². The van der Waals surface area contributed by atoms with E-state index in [2.05, 4.69) is 29.5 Å². The molecule has 40 heavy (non-hydrogen) atoms. The van der Waals surface area contributed by atoms with Crippen molar-refractivity contribution in [1.82, 2.24) is 15.1 Å². The fourth-order valence-corrected chi connectivity index (χ4v) is 7.16. The number of carbonyl (C=O) groups is 3. The molecule has 0 radical (unpaired) electrons. The van der Waals surface area contributed by atoms with E-state index < -0.39 is 29.6 Å². The molecule has 0 aromatic heterocycles. The number of unbranched alkanes of at least 4 members (excludes halogenated alkanes) is 1. The summed E-state index contributed by atoms with van der Waals surface area (Å²) in [5.74, 6) is -2.10. The van der Waals surface area contributed by atoms with Gasteiger partial charge >= 0.3 is 0 Å². The van der Waals surface area contributed by atoms with Crippen LogP contribution in [-0.4, -0.2) is 78.0 Å². The molecule has 5 atom stereocenters. The van der Waals surface area contributed by atoms with Gasteiger partial charge in [-0.25, -0.2) is 0 Å². The van der Waals surface area contributed by atoms with Crippen LogP contribution in [0.5, 0.6) is 0 Å². The van der Waals surface area contributed by atoms with Crippen LogP contribution in [0.1, 0.15) is 63.9 Å². The first-order valence-corrected chi connectivity index (χ1v) is 15.4. The Bertz CT molecular complexity index is 1150. The number of likely N-dealkylation sites (tertiary alicyclic amines) is 1. The largest absolute Gasteiger partial charge is 0.359 e. The number of rotatable bonds is 11. The van der Waals surface area contributed by atoms with E-state index >= 15 is 0 Å². The van der Waals surface area contributed by atoms with Gasteiger partial charge in [-0.1, -0.05) is 62.4 Å². The Kier molecular flexibility index (Phi) is 8.88. The Morgan fingerprint density at radius 2 is 1.90 bits per heavy atom. The molecule has 9 heteroatoms. The van der Waals surface area contributed by atoms with Gasteiger partial charge in [0.1, 0.15) is 11.6 Å². The van der Waals surface area contributed by atoms with E-state index in [1.54, 1.807) is 17.0 Å². The Balaban J connectivity index is 1.37. The second-order valence-corrected chi connectivity index (χ2v) is 12.4. The Hall–Kier alpha value is -2.42. The van der Waals surface area contributed by atoms with Crippen LogP contribution in [-0.2, 0) is 19.1 Å². The number of hydrogen-bond acceptors (Lipinski definition) is 5. The molecular weight excluding hydrogens is 528 g/mol. The maximum Gasteiger partial charge on any atom is 0.246 e. The number of nitrogens with zero attached hydrogens (tertiary/aromatic N) is 2. The van der Waals surface area contributed by atoms with E-state index in [0.29, 0.717) is 17.3 Å². The zero-order valence-corrected chi connectivity index (χ0v) is 24.7. The molecule has 1 aliphatic carbocycles. The van der Waals surface area contributed by atoms with Crippen LogP contribution >= 0.6 is 11.6 Å².